The summed E-state index contributed by atoms with van der Waals surface area (Å²) in [7, 11) is 0. The van der Waals surface area contributed by atoms with Crippen molar-refractivity contribution in [3.05, 3.63) is 83.2 Å². The number of hydrogen-bond donors (Lipinski definition) is 2. The number of benzene rings is 2. The average molecular weight is 435 g/mol. The highest BCUT2D eigenvalue weighted by Crippen LogP contribution is 2.21. The van der Waals surface area contributed by atoms with Crippen molar-refractivity contribution in [2.24, 2.45) is 4.99 Å². The van der Waals surface area contributed by atoms with E-state index >= 15 is 0 Å². The molecular formula is C25H31FN6. The summed E-state index contributed by atoms with van der Waals surface area (Å²) in [5.41, 5.74) is 3.54. The van der Waals surface area contributed by atoms with E-state index in [0.29, 0.717) is 31.1 Å². The lowest BCUT2D eigenvalue weighted by Crippen LogP contribution is -2.46. The highest BCUT2D eigenvalue weighted by Gasteiger charge is 2.19. The van der Waals surface area contributed by atoms with Crippen LogP contribution in [0.25, 0.3) is 0 Å². The second-order valence-electron chi connectivity index (χ2n) is 8.15. The maximum atomic E-state index is 14.0. The van der Waals surface area contributed by atoms with Gasteiger partial charge in [0.05, 0.1) is 0 Å². The largest absolute Gasteiger partial charge is 0.355 e. The fourth-order valence-corrected chi connectivity index (χ4v) is 4.19. The Morgan fingerprint density at radius 2 is 1.97 bits per heavy atom. The molecular weight excluding hydrogens is 403 g/mol. The number of aromatic nitrogens is 3. The Labute approximate surface area is 189 Å². The first kappa shape index (κ1) is 22.0. The van der Waals surface area contributed by atoms with Gasteiger partial charge >= 0.3 is 0 Å². The lowest BCUT2D eigenvalue weighted by molar-refractivity contribution is 0.517. The maximum absolute atomic E-state index is 14.0. The van der Waals surface area contributed by atoms with Gasteiger partial charge in [-0.15, -0.1) is 10.2 Å². The minimum absolute atomic E-state index is 0.172. The molecule has 4 rings (SSSR count). The molecule has 0 fully saturated rings. The molecule has 3 aromatic rings. The molecule has 0 bridgehead atoms. The average Bonchev–Trinajstić information content (AvgIpc) is 3.27. The van der Waals surface area contributed by atoms with Crippen LogP contribution in [0.2, 0.25) is 0 Å². The van der Waals surface area contributed by atoms with Crippen LogP contribution in [0.3, 0.4) is 0 Å². The minimum atomic E-state index is -0.172. The van der Waals surface area contributed by atoms with Gasteiger partial charge in [-0.3, -0.25) is 4.99 Å². The number of nitrogens with zero attached hydrogens (tertiary/aromatic N) is 4. The standard InChI is InChI=1S/C25H31FN6/c1-2-24-31-29-18-32(24)16-15-28-25(27-14-13-20-8-5-6-10-23(20)26)30-22-12-11-19-7-3-4-9-21(19)17-22/h3-10,18,22H,2,11-17H2,1H3,(H2,27,28,30). The molecule has 1 aliphatic rings. The molecule has 2 N–H and O–H groups in total. The van der Waals surface area contributed by atoms with Crippen molar-refractivity contribution < 1.29 is 4.39 Å². The molecule has 2 aromatic carbocycles. The van der Waals surface area contributed by atoms with Crippen molar-refractivity contribution in [2.75, 3.05) is 13.1 Å². The fraction of sp³-hybridized carbons (Fsp3) is 0.400. The van der Waals surface area contributed by atoms with Crippen LogP contribution >= 0.6 is 0 Å². The molecule has 0 amide bonds. The van der Waals surface area contributed by atoms with Crippen molar-refractivity contribution >= 4 is 5.96 Å². The molecule has 1 heterocycles. The van der Waals surface area contributed by atoms with Gasteiger partial charge in [0, 0.05) is 32.1 Å². The first-order valence-corrected chi connectivity index (χ1v) is 11.4. The Hall–Kier alpha value is -3.22. The van der Waals surface area contributed by atoms with Crippen LogP contribution in [0.5, 0.6) is 0 Å². The molecule has 32 heavy (non-hydrogen) atoms. The monoisotopic (exact) mass is 434 g/mol. The predicted octanol–water partition coefficient (Wildman–Crippen LogP) is 3.32. The summed E-state index contributed by atoms with van der Waals surface area (Å²) in [4.78, 5) is 4.76. The summed E-state index contributed by atoms with van der Waals surface area (Å²) in [5, 5.41) is 15.2. The zero-order chi connectivity index (χ0) is 22.2. The number of halogens is 1. The van der Waals surface area contributed by atoms with Gasteiger partial charge in [0.1, 0.15) is 18.0 Å². The molecule has 7 heteroatoms. The molecule has 0 radical (unpaired) electrons. The normalized spacial score (nSPS) is 15.9. The summed E-state index contributed by atoms with van der Waals surface area (Å²) < 4.78 is 16.0. The van der Waals surface area contributed by atoms with Crippen LogP contribution < -0.4 is 10.6 Å². The summed E-state index contributed by atoms with van der Waals surface area (Å²) in [6, 6.07) is 15.9. The van der Waals surface area contributed by atoms with Crippen LogP contribution in [-0.4, -0.2) is 39.9 Å². The fourth-order valence-electron chi connectivity index (χ4n) is 4.19. The van der Waals surface area contributed by atoms with Crippen molar-refractivity contribution in [2.45, 2.75) is 51.6 Å². The molecule has 0 saturated heterocycles. The van der Waals surface area contributed by atoms with E-state index in [1.165, 1.54) is 17.2 Å². The van der Waals surface area contributed by atoms with Crippen molar-refractivity contribution in [3.63, 3.8) is 0 Å². The first-order valence-electron chi connectivity index (χ1n) is 11.4. The van der Waals surface area contributed by atoms with E-state index in [0.717, 1.165) is 44.0 Å². The van der Waals surface area contributed by atoms with Crippen molar-refractivity contribution in [1.82, 2.24) is 25.4 Å². The summed E-state index contributed by atoms with van der Waals surface area (Å²) in [5.74, 6) is 1.58. The van der Waals surface area contributed by atoms with Gasteiger partial charge < -0.3 is 15.2 Å². The molecule has 0 saturated carbocycles. The minimum Gasteiger partial charge on any atom is -0.355 e. The lowest BCUT2D eigenvalue weighted by atomic mass is 9.88. The Bertz CT molecular complexity index is 1040. The van der Waals surface area contributed by atoms with Crippen LogP contribution in [-0.2, 0) is 32.2 Å². The van der Waals surface area contributed by atoms with Gasteiger partial charge in [-0.25, -0.2) is 4.39 Å². The topological polar surface area (TPSA) is 67.1 Å². The van der Waals surface area contributed by atoms with Gasteiger partial charge in [0.2, 0.25) is 0 Å². The summed E-state index contributed by atoms with van der Waals surface area (Å²) in [6.45, 7) is 4.07. The van der Waals surface area contributed by atoms with E-state index in [-0.39, 0.29) is 5.82 Å². The Morgan fingerprint density at radius 3 is 2.81 bits per heavy atom. The third kappa shape index (κ3) is 5.72. The van der Waals surface area contributed by atoms with Crippen LogP contribution in [0.4, 0.5) is 4.39 Å². The summed E-state index contributed by atoms with van der Waals surface area (Å²) in [6.07, 6.45) is 6.30. The molecule has 1 aliphatic carbocycles. The third-order valence-corrected chi connectivity index (χ3v) is 5.95. The number of aryl methyl sites for hydroxylation is 2. The molecule has 1 unspecified atom stereocenters. The molecule has 168 valence electrons. The van der Waals surface area contributed by atoms with Crippen molar-refractivity contribution in [3.8, 4) is 0 Å². The zero-order valence-electron chi connectivity index (χ0n) is 18.6. The van der Waals surface area contributed by atoms with Gasteiger partial charge in [0.25, 0.3) is 0 Å². The Kier molecular flexibility index (Phi) is 7.48. The number of nitrogens with one attached hydrogen (secondary N) is 2. The smallest absolute Gasteiger partial charge is 0.191 e. The molecule has 6 nitrogen and oxygen atoms in total. The Balaban J connectivity index is 1.39. The third-order valence-electron chi connectivity index (χ3n) is 5.95. The van der Waals surface area contributed by atoms with Gasteiger partial charge in [-0.05, 0) is 48.4 Å². The van der Waals surface area contributed by atoms with Gasteiger partial charge in [-0.2, -0.15) is 0 Å². The van der Waals surface area contributed by atoms with Crippen LogP contribution in [0, 0.1) is 5.82 Å². The number of rotatable bonds is 8. The van der Waals surface area contributed by atoms with Crippen LogP contribution in [0.1, 0.15) is 35.9 Å². The molecule has 0 aliphatic heterocycles. The van der Waals surface area contributed by atoms with E-state index in [2.05, 4.69) is 56.6 Å². The number of guanidine groups is 1. The SMILES string of the molecule is CCc1nncn1CCNC(=NCCc1ccccc1F)NC1CCc2ccccc2C1. The van der Waals surface area contributed by atoms with Gasteiger partial charge in [-0.1, -0.05) is 49.4 Å². The summed E-state index contributed by atoms with van der Waals surface area (Å²) >= 11 is 0. The number of fused-ring (bicyclic) bond motifs is 1. The highest BCUT2D eigenvalue weighted by atomic mass is 19.1. The van der Waals surface area contributed by atoms with E-state index in [1.807, 2.05) is 12.1 Å². The maximum Gasteiger partial charge on any atom is 0.191 e. The van der Waals surface area contributed by atoms with E-state index in [1.54, 1.807) is 12.4 Å². The number of aliphatic imine (C=N–C) groups is 1. The lowest BCUT2D eigenvalue weighted by Gasteiger charge is -2.27. The van der Waals surface area contributed by atoms with Crippen molar-refractivity contribution in [1.29, 1.82) is 0 Å². The predicted molar refractivity (Wildman–Crippen MR) is 125 cm³/mol. The zero-order valence-corrected chi connectivity index (χ0v) is 18.6. The van der Waals surface area contributed by atoms with Gasteiger partial charge in [0.15, 0.2) is 5.96 Å². The first-order chi connectivity index (χ1) is 15.7. The van der Waals surface area contributed by atoms with E-state index < -0.39 is 0 Å². The second kappa shape index (κ2) is 10.9. The van der Waals surface area contributed by atoms with E-state index in [9.17, 15) is 4.39 Å². The number of hydrogen-bond acceptors (Lipinski definition) is 3. The molecule has 0 spiro atoms. The second-order valence-corrected chi connectivity index (χ2v) is 8.15. The highest BCUT2D eigenvalue weighted by molar-refractivity contribution is 5.80. The van der Waals surface area contributed by atoms with E-state index in [4.69, 9.17) is 4.99 Å². The van der Waals surface area contributed by atoms with Crippen LogP contribution in [0.15, 0.2) is 59.9 Å². The Morgan fingerprint density at radius 1 is 1.16 bits per heavy atom. The molecule has 1 aromatic heterocycles. The molecule has 1 atom stereocenters. The quantitative estimate of drug-likeness (QED) is 0.422.